The quantitative estimate of drug-likeness (QED) is 0.232. The highest BCUT2D eigenvalue weighted by Gasteiger charge is 2.31. The van der Waals surface area contributed by atoms with Crippen LogP contribution < -0.4 is 9.62 Å². The van der Waals surface area contributed by atoms with Crippen LogP contribution in [0.1, 0.15) is 37.8 Å². The summed E-state index contributed by atoms with van der Waals surface area (Å²) >= 11 is 12.6. The largest absolute Gasteiger partial charge is 0.354 e. The third kappa shape index (κ3) is 10.00. The first kappa shape index (κ1) is 33.4. The summed E-state index contributed by atoms with van der Waals surface area (Å²) in [4.78, 5) is 28.9. The maximum absolute atomic E-state index is 13.9. The lowest BCUT2D eigenvalue weighted by Crippen LogP contribution is -2.51. The van der Waals surface area contributed by atoms with Crippen molar-refractivity contribution in [2.45, 2.75) is 45.7 Å². The van der Waals surface area contributed by atoms with E-state index in [4.69, 9.17) is 23.2 Å². The van der Waals surface area contributed by atoms with Crippen LogP contribution in [0.5, 0.6) is 0 Å². The Balaban J connectivity index is 1.90. The molecule has 7 nitrogen and oxygen atoms in total. The number of nitrogens with one attached hydrogen (secondary N) is 1. The number of rotatable bonds is 14. The van der Waals surface area contributed by atoms with E-state index in [0.717, 1.165) is 16.1 Å². The smallest absolute Gasteiger partial charge is 0.243 e. The van der Waals surface area contributed by atoms with Crippen molar-refractivity contribution < 1.29 is 22.4 Å². The van der Waals surface area contributed by atoms with E-state index >= 15 is 0 Å². The summed E-state index contributed by atoms with van der Waals surface area (Å²) in [6.07, 6.45) is 1.45. The topological polar surface area (TPSA) is 86.8 Å². The van der Waals surface area contributed by atoms with E-state index in [0.29, 0.717) is 27.8 Å². The van der Waals surface area contributed by atoms with E-state index in [2.05, 4.69) is 5.32 Å². The molecule has 0 spiro atoms. The van der Waals surface area contributed by atoms with E-state index in [1.54, 1.807) is 18.2 Å². The van der Waals surface area contributed by atoms with Gasteiger partial charge in [-0.2, -0.15) is 0 Å². The maximum atomic E-state index is 13.9. The highest BCUT2D eigenvalue weighted by Crippen LogP contribution is 2.25. The van der Waals surface area contributed by atoms with Crippen LogP contribution in [0.15, 0.2) is 72.8 Å². The third-order valence-corrected chi connectivity index (χ3v) is 8.36. The van der Waals surface area contributed by atoms with Crippen LogP contribution in [0, 0.1) is 11.7 Å². The van der Waals surface area contributed by atoms with Crippen molar-refractivity contribution in [2.75, 3.05) is 23.7 Å². The minimum Gasteiger partial charge on any atom is -0.354 e. The zero-order chi connectivity index (χ0) is 30.9. The highest BCUT2D eigenvalue weighted by molar-refractivity contribution is 7.92. The molecule has 226 valence electrons. The molecule has 0 saturated heterocycles. The van der Waals surface area contributed by atoms with Crippen molar-refractivity contribution in [3.8, 4) is 0 Å². The average Bonchev–Trinajstić information content (AvgIpc) is 2.93. The second-order valence-electron chi connectivity index (χ2n) is 10.5. The molecule has 2 amide bonds. The molecule has 0 aliphatic heterocycles. The molecule has 1 N–H and O–H groups in total. The zero-order valence-corrected chi connectivity index (χ0v) is 26.2. The number of carbonyl (C=O) groups is 2. The fourth-order valence-corrected chi connectivity index (χ4v) is 5.85. The van der Waals surface area contributed by atoms with Gasteiger partial charge in [-0.25, -0.2) is 12.8 Å². The molecule has 1 unspecified atom stereocenters. The molecular weight excluding hydrogens is 600 g/mol. The Morgan fingerprint density at radius 1 is 0.976 bits per heavy atom. The van der Waals surface area contributed by atoms with Gasteiger partial charge in [0, 0.05) is 42.5 Å². The lowest BCUT2D eigenvalue weighted by Gasteiger charge is -2.32. The van der Waals surface area contributed by atoms with Gasteiger partial charge in [0.05, 0.1) is 11.9 Å². The zero-order valence-electron chi connectivity index (χ0n) is 23.9. The Morgan fingerprint density at radius 2 is 1.64 bits per heavy atom. The molecule has 0 saturated carbocycles. The van der Waals surface area contributed by atoms with Crippen molar-refractivity contribution in [1.82, 2.24) is 10.2 Å². The SMILES string of the molecule is CC(C)CNC(=O)C(Cc1ccccc1)N(Cc1ccc(Cl)cc1Cl)C(=O)CCCN(c1ccc(F)cc1)S(C)(=O)=O. The minimum absolute atomic E-state index is 0.00531. The Hall–Kier alpha value is -3.14. The molecule has 0 heterocycles. The van der Waals surface area contributed by atoms with Gasteiger partial charge in [0.15, 0.2) is 0 Å². The van der Waals surface area contributed by atoms with Crippen LogP contribution in [0.4, 0.5) is 10.1 Å². The number of amides is 2. The van der Waals surface area contributed by atoms with Crippen LogP contribution in [-0.4, -0.2) is 50.5 Å². The molecule has 0 aliphatic carbocycles. The summed E-state index contributed by atoms with van der Waals surface area (Å²) in [6, 6.07) is 18.6. The molecule has 3 aromatic carbocycles. The summed E-state index contributed by atoms with van der Waals surface area (Å²) in [6.45, 7) is 4.45. The van der Waals surface area contributed by atoms with Gasteiger partial charge < -0.3 is 10.2 Å². The number of hydrogen-bond donors (Lipinski definition) is 1. The Morgan fingerprint density at radius 3 is 2.24 bits per heavy atom. The van der Waals surface area contributed by atoms with Crippen molar-refractivity contribution >= 4 is 50.7 Å². The Labute approximate surface area is 257 Å². The van der Waals surface area contributed by atoms with Crippen LogP contribution in [0.3, 0.4) is 0 Å². The standard InChI is InChI=1S/C31H36Cl2FN3O4S/c1-22(2)20-35-31(39)29(18-23-8-5-4-6-9-23)36(21-24-11-12-25(32)19-28(24)33)30(38)10-7-17-37(42(3,40)41)27-15-13-26(34)14-16-27/h4-6,8-9,11-16,19,22,29H,7,10,17-18,20-21H2,1-3H3,(H,35,39). The number of halogens is 3. The summed E-state index contributed by atoms with van der Waals surface area (Å²) < 4.78 is 39.6. The molecule has 3 rings (SSSR count). The fraction of sp³-hybridized carbons (Fsp3) is 0.355. The number of sulfonamides is 1. The van der Waals surface area contributed by atoms with Crippen LogP contribution in [0.25, 0.3) is 0 Å². The first-order chi connectivity index (χ1) is 19.8. The van der Waals surface area contributed by atoms with Crippen molar-refractivity contribution in [3.63, 3.8) is 0 Å². The van der Waals surface area contributed by atoms with E-state index in [1.807, 2.05) is 44.2 Å². The van der Waals surface area contributed by atoms with Gasteiger partial charge in [-0.1, -0.05) is 73.4 Å². The Kier molecular flexibility index (Phi) is 12.2. The molecule has 3 aromatic rings. The molecular formula is C31H36Cl2FN3O4S. The summed E-state index contributed by atoms with van der Waals surface area (Å²) in [7, 11) is -3.70. The Bertz CT molecular complexity index is 1450. The van der Waals surface area contributed by atoms with Crippen molar-refractivity contribution in [2.24, 2.45) is 5.92 Å². The molecule has 0 aromatic heterocycles. The van der Waals surface area contributed by atoms with E-state index in [1.165, 1.54) is 29.2 Å². The van der Waals surface area contributed by atoms with Crippen LogP contribution in [0.2, 0.25) is 10.0 Å². The predicted molar refractivity (Wildman–Crippen MR) is 167 cm³/mol. The highest BCUT2D eigenvalue weighted by atomic mass is 35.5. The van der Waals surface area contributed by atoms with Crippen molar-refractivity contribution in [1.29, 1.82) is 0 Å². The summed E-state index contributed by atoms with van der Waals surface area (Å²) in [5, 5.41) is 3.77. The minimum atomic E-state index is -3.70. The number of benzene rings is 3. The molecule has 1 atom stereocenters. The van der Waals surface area contributed by atoms with E-state index in [9.17, 15) is 22.4 Å². The third-order valence-electron chi connectivity index (χ3n) is 6.58. The van der Waals surface area contributed by atoms with Gasteiger partial charge in [-0.15, -0.1) is 0 Å². The number of anilines is 1. The maximum Gasteiger partial charge on any atom is 0.243 e. The average molecular weight is 637 g/mol. The van der Waals surface area contributed by atoms with Gasteiger partial charge in [-0.3, -0.25) is 13.9 Å². The van der Waals surface area contributed by atoms with Crippen LogP contribution in [-0.2, 0) is 32.6 Å². The monoisotopic (exact) mass is 635 g/mol. The predicted octanol–water partition coefficient (Wildman–Crippen LogP) is 6.09. The first-order valence-corrected chi connectivity index (χ1v) is 16.2. The molecule has 42 heavy (non-hydrogen) atoms. The van der Waals surface area contributed by atoms with Gasteiger partial charge >= 0.3 is 0 Å². The van der Waals surface area contributed by atoms with Crippen LogP contribution >= 0.6 is 23.2 Å². The molecule has 0 fully saturated rings. The van der Waals surface area contributed by atoms with E-state index in [-0.39, 0.29) is 50.1 Å². The fourth-order valence-electron chi connectivity index (χ4n) is 4.42. The summed E-state index contributed by atoms with van der Waals surface area (Å²) in [5.74, 6) is -0.919. The lowest BCUT2D eigenvalue weighted by atomic mass is 10.0. The van der Waals surface area contributed by atoms with Gasteiger partial charge in [0.1, 0.15) is 11.9 Å². The second-order valence-corrected chi connectivity index (χ2v) is 13.3. The molecule has 0 aliphatic rings. The summed E-state index contributed by atoms with van der Waals surface area (Å²) in [5.41, 5.74) is 1.79. The number of carbonyl (C=O) groups excluding carboxylic acids is 2. The second kappa shape index (κ2) is 15.4. The van der Waals surface area contributed by atoms with Gasteiger partial charge in [0.25, 0.3) is 0 Å². The molecule has 0 bridgehead atoms. The normalized spacial score (nSPS) is 12.2. The van der Waals surface area contributed by atoms with Gasteiger partial charge in [-0.05, 0) is 59.9 Å². The molecule has 11 heteroatoms. The number of hydrogen-bond acceptors (Lipinski definition) is 4. The first-order valence-electron chi connectivity index (χ1n) is 13.6. The molecule has 0 radical (unpaired) electrons. The van der Waals surface area contributed by atoms with Crippen molar-refractivity contribution in [3.05, 3.63) is 99.8 Å². The number of nitrogens with zero attached hydrogens (tertiary/aromatic N) is 2. The lowest BCUT2D eigenvalue weighted by molar-refractivity contribution is -0.141. The van der Waals surface area contributed by atoms with E-state index < -0.39 is 21.9 Å². The van der Waals surface area contributed by atoms with Gasteiger partial charge in [0.2, 0.25) is 21.8 Å².